The summed E-state index contributed by atoms with van der Waals surface area (Å²) in [5, 5.41) is 21.1. The molecule has 6 rings (SSSR count). The number of anilines is 2. The van der Waals surface area contributed by atoms with E-state index >= 15 is 0 Å². The van der Waals surface area contributed by atoms with Gasteiger partial charge in [0.05, 0.1) is 30.6 Å². The summed E-state index contributed by atoms with van der Waals surface area (Å²) in [5.74, 6) is -0.441. The minimum Gasteiger partial charge on any atom is -0.432 e. The smallest absolute Gasteiger partial charge is 0.264 e. The fraction of sp³-hybridized carbons (Fsp3) is 0.484. The van der Waals surface area contributed by atoms with Gasteiger partial charge in [-0.15, -0.1) is 5.10 Å². The zero-order valence-corrected chi connectivity index (χ0v) is 27.0. The van der Waals surface area contributed by atoms with Gasteiger partial charge >= 0.3 is 0 Å². The Kier molecular flexibility index (Phi) is 8.41. The van der Waals surface area contributed by atoms with Crippen molar-refractivity contribution < 1.29 is 24.2 Å². The molecule has 3 aliphatic heterocycles. The number of carbonyl (C=O) groups excluding carboxylic acids is 2. The fourth-order valence-corrected chi connectivity index (χ4v) is 10.0. The first-order valence-electron chi connectivity index (χ1n) is 15.1. The first-order valence-corrected chi connectivity index (χ1v) is 18.5. The molecule has 1 aromatic heterocycles. The van der Waals surface area contributed by atoms with Crippen LogP contribution in [0.15, 0.2) is 48.7 Å². The van der Waals surface area contributed by atoms with Crippen LogP contribution in [0.5, 0.6) is 0 Å². The highest BCUT2D eigenvalue weighted by Crippen LogP contribution is 2.60. The van der Waals surface area contributed by atoms with E-state index in [1.807, 2.05) is 62.6 Å². The van der Waals surface area contributed by atoms with Gasteiger partial charge in [-0.2, -0.15) is 0 Å². The van der Waals surface area contributed by atoms with Crippen molar-refractivity contribution in [2.45, 2.75) is 63.2 Å². The van der Waals surface area contributed by atoms with Crippen molar-refractivity contribution in [3.63, 3.8) is 0 Å². The van der Waals surface area contributed by atoms with Crippen LogP contribution in [0.4, 0.5) is 11.4 Å². The molecule has 2 aromatic carbocycles. The standard InChI is InChI=1S/C31H39ClN6O5Si/c1-20-29(44(2,3)42)27(10-13-36-19-23(11-15-39)34-35-36)43-31(20)25-16-22(32)6-9-26(25)38(30(31)41)18-21-4-7-24(8-5-21)37-14-12-33-17-28(37)40/h4-9,16,19-20,27,29,33,39,42H,10-15,17-18H2,1-3H3/t20-,27+,29-,31+/m0/s1. The molecule has 3 N–H and O–H groups in total. The van der Waals surface area contributed by atoms with Crippen LogP contribution >= 0.6 is 11.6 Å². The maximum Gasteiger partial charge on any atom is 0.264 e. The Morgan fingerprint density at radius 3 is 2.66 bits per heavy atom. The molecule has 234 valence electrons. The number of aromatic nitrogens is 3. The molecule has 44 heavy (non-hydrogen) atoms. The van der Waals surface area contributed by atoms with E-state index in [1.165, 1.54) is 0 Å². The average molecular weight is 639 g/mol. The maximum atomic E-state index is 14.6. The van der Waals surface area contributed by atoms with Gasteiger partial charge in [0.2, 0.25) is 5.91 Å². The predicted octanol–water partition coefficient (Wildman–Crippen LogP) is 2.84. The number of halogens is 1. The van der Waals surface area contributed by atoms with Crippen molar-refractivity contribution in [2.24, 2.45) is 5.92 Å². The van der Waals surface area contributed by atoms with E-state index in [4.69, 9.17) is 16.3 Å². The molecule has 13 heteroatoms. The molecule has 3 aromatic rings. The van der Waals surface area contributed by atoms with Gasteiger partial charge in [0.25, 0.3) is 5.91 Å². The van der Waals surface area contributed by atoms with Gasteiger partial charge in [-0.1, -0.05) is 35.9 Å². The highest BCUT2D eigenvalue weighted by molar-refractivity contribution is 6.71. The van der Waals surface area contributed by atoms with E-state index in [9.17, 15) is 19.5 Å². The lowest BCUT2D eigenvalue weighted by Crippen LogP contribution is -2.48. The number of piperazine rings is 1. The topological polar surface area (TPSA) is 133 Å². The molecule has 2 saturated heterocycles. The van der Waals surface area contributed by atoms with Crippen molar-refractivity contribution in [1.29, 1.82) is 0 Å². The van der Waals surface area contributed by atoms with E-state index in [-0.39, 0.29) is 29.9 Å². The normalized spacial score (nSPS) is 25.4. The van der Waals surface area contributed by atoms with E-state index in [2.05, 4.69) is 15.6 Å². The van der Waals surface area contributed by atoms with Crippen LogP contribution in [0.3, 0.4) is 0 Å². The number of aryl methyl sites for hydroxylation is 1. The van der Waals surface area contributed by atoms with Gasteiger partial charge in [0.15, 0.2) is 13.9 Å². The molecule has 2 fully saturated rings. The Morgan fingerprint density at radius 1 is 1.18 bits per heavy atom. The number of amides is 2. The Bertz CT molecular complexity index is 1540. The van der Waals surface area contributed by atoms with Gasteiger partial charge in [0.1, 0.15) is 0 Å². The number of rotatable bonds is 9. The summed E-state index contributed by atoms with van der Waals surface area (Å²) >= 11 is 6.52. The summed E-state index contributed by atoms with van der Waals surface area (Å²) in [7, 11) is -2.82. The number of hydrogen-bond acceptors (Lipinski definition) is 8. The first kappa shape index (κ1) is 30.9. The molecule has 0 saturated carbocycles. The molecule has 3 aliphatic rings. The SMILES string of the molecule is C[C@H]1[C@H]([Si](C)(C)O)[C@@H](CCn2cc(CCO)nn2)O[C@]12C(=O)N(Cc1ccc(N3CCNCC3=O)cc1)c1ccc(Cl)cc12. The lowest BCUT2D eigenvalue weighted by atomic mass is 9.82. The zero-order valence-electron chi connectivity index (χ0n) is 25.2. The number of benzene rings is 2. The van der Waals surface area contributed by atoms with Crippen LogP contribution in [-0.4, -0.2) is 77.4 Å². The second-order valence-corrected chi connectivity index (χ2v) is 16.9. The Balaban J connectivity index is 1.29. The first-order chi connectivity index (χ1) is 21.0. The second-order valence-electron chi connectivity index (χ2n) is 12.5. The average Bonchev–Trinajstić information content (AvgIpc) is 3.63. The van der Waals surface area contributed by atoms with Crippen molar-refractivity contribution in [3.05, 3.63) is 70.5 Å². The number of hydrogen-bond donors (Lipinski definition) is 3. The molecular formula is C31H39ClN6O5Si. The Hall–Kier alpha value is -3.13. The van der Waals surface area contributed by atoms with Crippen LogP contribution in [0.1, 0.15) is 30.2 Å². The number of nitrogens with zero attached hydrogens (tertiary/aromatic N) is 5. The van der Waals surface area contributed by atoms with Crippen molar-refractivity contribution in [2.75, 3.05) is 36.0 Å². The van der Waals surface area contributed by atoms with Crippen LogP contribution in [-0.2, 0) is 39.4 Å². The summed E-state index contributed by atoms with van der Waals surface area (Å²) < 4.78 is 8.60. The van der Waals surface area contributed by atoms with E-state index < -0.39 is 20.0 Å². The quantitative estimate of drug-likeness (QED) is 0.305. The van der Waals surface area contributed by atoms with Gasteiger partial charge in [-0.3, -0.25) is 14.3 Å². The molecular weight excluding hydrogens is 600 g/mol. The van der Waals surface area contributed by atoms with Gasteiger partial charge in [-0.05, 0) is 55.4 Å². The van der Waals surface area contributed by atoms with Crippen molar-refractivity contribution in [3.8, 4) is 0 Å². The Morgan fingerprint density at radius 2 is 1.95 bits per heavy atom. The number of aliphatic hydroxyl groups excluding tert-OH is 1. The molecule has 1 spiro atoms. The summed E-state index contributed by atoms with van der Waals surface area (Å²) in [6.45, 7) is 8.31. The van der Waals surface area contributed by atoms with Crippen LogP contribution in [0, 0.1) is 5.92 Å². The molecule has 0 radical (unpaired) electrons. The molecule has 0 bridgehead atoms. The third kappa shape index (κ3) is 5.48. The predicted molar refractivity (Wildman–Crippen MR) is 169 cm³/mol. The van der Waals surface area contributed by atoms with Crippen LogP contribution in [0.25, 0.3) is 0 Å². The molecule has 0 unspecified atom stereocenters. The molecule has 11 nitrogen and oxygen atoms in total. The zero-order chi connectivity index (χ0) is 31.2. The van der Waals surface area contributed by atoms with E-state index in [1.54, 1.807) is 20.5 Å². The van der Waals surface area contributed by atoms with Crippen LogP contribution in [0.2, 0.25) is 23.7 Å². The highest BCUT2D eigenvalue weighted by Gasteiger charge is 2.66. The number of nitrogens with one attached hydrogen (secondary N) is 1. The summed E-state index contributed by atoms with van der Waals surface area (Å²) in [4.78, 5) is 42.1. The fourth-order valence-electron chi connectivity index (χ4n) is 7.26. The lowest BCUT2D eigenvalue weighted by Gasteiger charge is -2.32. The largest absolute Gasteiger partial charge is 0.432 e. The summed E-state index contributed by atoms with van der Waals surface area (Å²) in [5.41, 5.74) is 2.41. The van der Waals surface area contributed by atoms with E-state index in [0.717, 1.165) is 29.0 Å². The minimum absolute atomic E-state index is 0.00258. The third-order valence-corrected chi connectivity index (χ3v) is 12.0. The Labute approximate surface area is 262 Å². The van der Waals surface area contributed by atoms with Crippen molar-refractivity contribution >= 4 is 43.1 Å². The maximum absolute atomic E-state index is 14.6. The summed E-state index contributed by atoms with van der Waals surface area (Å²) in [6, 6.07) is 13.2. The summed E-state index contributed by atoms with van der Waals surface area (Å²) in [6.07, 6.45) is 2.37. The molecule has 4 atom stereocenters. The van der Waals surface area contributed by atoms with Crippen molar-refractivity contribution in [1.82, 2.24) is 20.3 Å². The van der Waals surface area contributed by atoms with E-state index in [0.29, 0.717) is 49.7 Å². The molecule has 2 amide bonds. The molecule has 0 aliphatic carbocycles. The van der Waals surface area contributed by atoms with Gasteiger partial charge in [0, 0.05) is 66.6 Å². The monoisotopic (exact) mass is 638 g/mol. The molecule has 4 heterocycles. The minimum atomic E-state index is -2.82. The number of ether oxygens (including phenoxy) is 1. The van der Waals surface area contributed by atoms with Gasteiger partial charge in [-0.25, -0.2) is 0 Å². The number of carbonyl (C=O) groups is 2. The highest BCUT2D eigenvalue weighted by atomic mass is 35.5. The van der Waals surface area contributed by atoms with Crippen LogP contribution < -0.4 is 15.1 Å². The third-order valence-electron chi connectivity index (χ3n) is 9.22. The second kappa shape index (κ2) is 12.0. The lowest BCUT2D eigenvalue weighted by molar-refractivity contribution is -0.146. The van der Waals surface area contributed by atoms with Gasteiger partial charge < -0.3 is 29.8 Å². The number of aliphatic hydroxyl groups is 1. The number of fused-ring (bicyclic) bond motifs is 2.